The minimum absolute atomic E-state index is 0.0927. The molecule has 0 amide bonds. The van der Waals surface area contributed by atoms with Crippen molar-refractivity contribution in [3.05, 3.63) is 63.6 Å². The Labute approximate surface area is 145 Å². The second-order valence-corrected chi connectivity index (χ2v) is 7.12. The van der Waals surface area contributed by atoms with Gasteiger partial charge in [0.25, 0.3) is 5.56 Å². The molecule has 5 rings (SSSR count). The van der Waals surface area contributed by atoms with E-state index in [2.05, 4.69) is 34.4 Å². The third-order valence-electron chi connectivity index (χ3n) is 5.36. The van der Waals surface area contributed by atoms with Crippen molar-refractivity contribution in [2.24, 2.45) is 12.0 Å². The first-order chi connectivity index (χ1) is 12.2. The number of hydrogen-bond acceptors (Lipinski definition) is 3. The average molecular weight is 332 g/mol. The maximum absolute atomic E-state index is 13.2. The van der Waals surface area contributed by atoms with Crippen LogP contribution in [-0.4, -0.2) is 27.1 Å². The summed E-state index contributed by atoms with van der Waals surface area (Å²) in [7, 11) is 1.93. The molecule has 0 bridgehead atoms. The molecule has 0 N–H and O–H groups in total. The summed E-state index contributed by atoms with van der Waals surface area (Å²) in [6.45, 7) is 0.721. The van der Waals surface area contributed by atoms with E-state index in [0.29, 0.717) is 6.04 Å². The molecule has 1 fully saturated rings. The number of nitrogens with zero attached hydrogens (tertiary/aromatic N) is 4. The second-order valence-electron chi connectivity index (χ2n) is 7.12. The van der Waals surface area contributed by atoms with E-state index in [1.807, 2.05) is 28.6 Å². The second kappa shape index (κ2) is 5.41. The molecule has 1 aliphatic carbocycles. The van der Waals surface area contributed by atoms with Gasteiger partial charge in [0.15, 0.2) is 0 Å². The number of aromatic nitrogens is 3. The Morgan fingerprint density at radius 2 is 2.00 bits per heavy atom. The van der Waals surface area contributed by atoms with Crippen LogP contribution in [0, 0.1) is 0 Å². The minimum atomic E-state index is 0.0927. The van der Waals surface area contributed by atoms with Gasteiger partial charge in [-0.3, -0.25) is 19.0 Å². The summed E-state index contributed by atoms with van der Waals surface area (Å²) in [5, 5.41) is 5.58. The number of hydrogen-bond donors (Lipinski definition) is 0. The number of benzene rings is 1. The van der Waals surface area contributed by atoms with Crippen molar-refractivity contribution in [3.8, 4) is 0 Å². The highest BCUT2D eigenvalue weighted by atomic mass is 16.1. The third kappa shape index (κ3) is 2.26. The lowest BCUT2D eigenvalue weighted by atomic mass is 9.86. The standard InChI is InChI=1S/C20H20N4O/c1-23-19-16(12-22-23)18-14(9-13-5-3-2-4-6-13)10-21-11-17(18)20(25)24(19)15-7-8-15/h2-6,11-12,14-15H,7-10H2,1H3. The molecule has 1 aliphatic heterocycles. The van der Waals surface area contributed by atoms with E-state index in [-0.39, 0.29) is 11.5 Å². The Balaban J connectivity index is 1.73. The Bertz CT molecular complexity index is 1040. The predicted octanol–water partition coefficient (Wildman–Crippen LogP) is 2.83. The van der Waals surface area contributed by atoms with Crippen molar-refractivity contribution in [1.82, 2.24) is 14.3 Å². The monoisotopic (exact) mass is 332 g/mol. The van der Waals surface area contributed by atoms with Crippen LogP contribution < -0.4 is 5.56 Å². The van der Waals surface area contributed by atoms with Crippen LogP contribution >= 0.6 is 0 Å². The smallest absolute Gasteiger partial charge is 0.261 e. The maximum atomic E-state index is 13.2. The zero-order chi connectivity index (χ0) is 17.0. The van der Waals surface area contributed by atoms with Crippen molar-refractivity contribution in [3.63, 3.8) is 0 Å². The molecule has 3 heterocycles. The Hall–Kier alpha value is -2.69. The average Bonchev–Trinajstić information content (AvgIpc) is 3.40. The molecule has 1 aromatic carbocycles. The quantitative estimate of drug-likeness (QED) is 0.740. The van der Waals surface area contributed by atoms with Gasteiger partial charge in [0.1, 0.15) is 5.65 Å². The van der Waals surface area contributed by atoms with Crippen LogP contribution in [0.4, 0.5) is 0 Å². The number of aliphatic imine (C=N–C) groups is 1. The van der Waals surface area contributed by atoms with Crippen molar-refractivity contribution in [1.29, 1.82) is 0 Å². The van der Waals surface area contributed by atoms with Crippen LogP contribution in [-0.2, 0) is 13.5 Å². The highest BCUT2D eigenvalue weighted by molar-refractivity contribution is 5.92. The van der Waals surface area contributed by atoms with Crippen LogP contribution in [0.2, 0.25) is 0 Å². The fraction of sp³-hybridized carbons (Fsp3) is 0.350. The molecule has 5 heteroatoms. The predicted molar refractivity (Wildman–Crippen MR) is 98.6 cm³/mol. The number of pyridine rings is 1. The largest absolute Gasteiger partial charge is 0.292 e. The van der Waals surface area contributed by atoms with Crippen LogP contribution in [0.5, 0.6) is 0 Å². The molecule has 2 aliphatic rings. The van der Waals surface area contributed by atoms with Gasteiger partial charge in [-0.25, -0.2) is 0 Å². The molecular formula is C20H20N4O. The highest BCUT2D eigenvalue weighted by Crippen LogP contribution is 2.38. The summed E-state index contributed by atoms with van der Waals surface area (Å²) < 4.78 is 3.79. The van der Waals surface area contributed by atoms with Crippen molar-refractivity contribution >= 4 is 17.2 Å². The first-order valence-corrected chi connectivity index (χ1v) is 8.88. The fourth-order valence-electron chi connectivity index (χ4n) is 4.06. The van der Waals surface area contributed by atoms with Gasteiger partial charge >= 0.3 is 0 Å². The number of rotatable bonds is 3. The molecule has 1 unspecified atom stereocenters. The summed E-state index contributed by atoms with van der Waals surface area (Å²) in [5.41, 5.74) is 4.22. The number of aryl methyl sites for hydroxylation is 1. The molecule has 2 aromatic heterocycles. The summed E-state index contributed by atoms with van der Waals surface area (Å²) >= 11 is 0. The molecule has 126 valence electrons. The molecule has 5 nitrogen and oxygen atoms in total. The lowest BCUT2D eigenvalue weighted by molar-refractivity contribution is 0.661. The fourth-order valence-corrected chi connectivity index (χ4v) is 4.06. The normalized spacial score (nSPS) is 19.3. The first kappa shape index (κ1) is 14.6. The molecule has 1 saturated carbocycles. The SMILES string of the molecule is Cn1ncc2c3c(c(=O)n(C4CC4)c21)C=NCC3Cc1ccccc1. The highest BCUT2D eigenvalue weighted by Gasteiger charge is 2.32. The first-order valence-electron chi connectivity index (χ1n) is 8.88. The lowest BCUT2D eigenvalue weighted by Crippen LogP contribution is -2.30. The van der Waals surface area contributed by atoms with Crippen LogP contribution in [0.3, 0.4) is 0 Å². The van der Waals surface area contributed by atoms with E-state index in [0.717, 1.165) is 48.0 Å². The molecule has 3 aromatic rings. The zero-order valence-corrected chi connectivity index (χ0v) is 14.2. The Kier molecular flexibility index (Phi) is 3.17. The molecule has 0 radical (unpaired) electrons. The van der Waals surface area contributed by atoms with Gasteiger partial charge in [-0.2, -0.15) is 5.10 Å². The van der Waals surface area contributed by atoms with Gasteiger partial charge < -0.3 is 0 Å². The summed E-state index contributed by atoms with van der Waals surface area (Å²) in [5.74, 6) is 0.218. The van der Waals surface area contributed by atoms with E-state index >= 15 is 0 Å². The van der Waals surface area contributed by atoms with E-state index in [4.69, 9.17) is 0 Å². The van der Waals surface area contributed by atoms with E-state index in [9.17, 15) is 4.79 Å². The van der Waals surface area contributed by atoms with E-state index in [1.54, 1.807) is 6.21 Å². The summed E-state index contributed by atoms with van der Waals surface area (Å²) in [6, 6.07) is 10.8. The van der Waals surface area contributed by atoms with Gasteiger partial charge in [0.2, 0.25) is 0 Å². The van der Waals surface area contributed by atoms with Gasteiger partial charge in [0.05, 0.1) is 11.8 Å². The molecule has 1 atom stereocenters. The van der Waals surface area contributed by atoms with Crippen molar-refractivity contribution in [2.45, 2.75) is 31.2 Å². The van der Waals surface area contributed by atoms with Crippen LogP contribution in [0.1, 0.15) is 41.5 Å². The molecule has 0 saturated heterocycles. The van der Waals surface area contributed by atoms with E-state index < -0.39 is 0 Å². The van der Waals surface area contributed by atoms with Crippen LogP contribution in [0.25, 0.3) is 11.0 Å². The maximum Gasteiger partial charge on any atom is 0.261 e. The van der Waals surface area contributed by atoms with Gasteiger partial charge in [0, 0.05) is 37.2 Å². The summed E-state index contributed by atoms with van der Waals surface area (Å²) in [6.07, 6.45) is 6.74. The van der Waals surface area contributed by atoms with Gasteiger partial charge in [-0.1, -0.05) is 30.3 Å². The lowest BCUT2D eigenvalue weighted by Gasteiger charge is -2.23. The number of fused-ring (bicyclic) bond motifs is 3. The van der Waals surface area contributed by atoms with Gasteiger partial charge in [-0.15, -0.1) is 0 Å². The van der Waals surface area contributed by atoms with Gasteiger partial charge in [-0.05, 0) is 30.4 Å². The third-order valence-corrected chi connectivity index (χ3v) is 5.36. The molecule has 0 spiro atoms. The zero-order valence-electron chi connectivity index (χ0n) is 14.2. The van der Waals surface area contributed by atoms with Crippen molar-refractivity contribution < 1.29 is 0 Å². The molecular weight excluding hydrogens is 312 g/mol. The van der Waals surface area contributed by atoms with E-state index in [1.165, 1.54) is 5.56 Å². The topological polar surface area (TPSA) is 52.2 Å². The van der Waals surface area contributed by atoms with Crippen LogP contribution in [0.15, 0.2) is 46.3 Å². The summed E-state index contributed by atoms with van der Waals surface area (Å²) in [4.78, 5) is 17.7. The Morgan fingerprint density at radius 1 is 1.20 bits per heavy atom. The Morgan fingerprint density at radius 3 is 2.76 bits per heavy atom. The molecule has 25 heavy (non-hydrogen) atoms. The van der Waals surface area contributed by atoms with Crippen molar-refractivity contribution in [2.75, 3.05) is 6.54 Å². The minimum Gasteiger partial charge on any atom is -0.292 e.